The number of carboxylic acid groups (broad SMARTS) is 1. The molecule has 3 aromatic carbocycles. The fraction of sp³-hybridized carbons (Fsp3) is 0.192. The largest absolute Gasteiger partial charge is 0.478 e. The zero-order valence-corrected chi connectivity index (χ0v) is 19.5. The first-order chi connectivity index (χ1) is 16.9. The number of halogens is 1. The Labute approximate surface area is 206 Å². The number of carboxylic acids is 1. The van der Waals surface area contributed by atoms with Crippen LogP contribution in [0.25, 0.3) is 11.1 Å². The molecule has 2 amide bonds. The van der Waals surface area contributed by atoms with Gasteiger partial charge >= 0.3 is 12.1 Å². The van der Waals surface area contributed by atoms with Crippen LogP contribution in [0.1, 0.15) is 27.4 Å². The van der Waals surface area contributed by atoms with Crippen molar-refractivity contribution in [1.29, 1.82) is 0 Å². The molecule has 35 heavy (non-hydrogen) atoms. The van der Waals surface area contributed by atoms with E-state index in [9.17, 15) is 19.5 Å². The monoisotopic (exact) mass is 494 g/mol. The number of alkyl carbamates (subject to hydrolysis) is 1. The summed E-state index contributed by atoms with van der Waals surface area (Å²) in [5.74, 6) is -2.05. The summed E-state index contributed by atoms with van der Waals surface area (Å²) in [6.07, 6.45) is -0.793. The van der Waals surface area contributed by atoms with Crippen LogP contribution < -0.4 is 10.6 Å². The number of amides is 2. The fourth-order valence-electron chi connectivity index (χ4n) is 4.15. The summed E-state index contributed by atoms with van der Waals surface area (Å²) in [6, 6.07) is 18.9. The summed E-state index contributed by atoms with van der Waals surface area (Å²) in [5, 5.41) is 14.6. The van der Waals surface area contributed by atoms with Crippen LogP contribution in [-0.4, -0.2) is 49.4 Å². The van der Waals surface area contributed by atoms with Crippen LogP contribution in [0.4, 0.5) is 10.5 Å². The molecule has 1 aliphatic rings. The number of carbonyl (C=O) groups excluding carboxylic acids is 2. The zero-order chi connectivity index (χ0) is 24.9. The molecule has 0 spiro atoms. The van der Waals surface area contributed by atoms with Gasteiger partial charge in [-0.05, 0) is 40.5 Å². The van der Waals surface area contributed by atoms with Crippen molar-refractivity contribution in [3.63, 3.8) is 0 Å². The number of nitrogens with one attached hydrogen (secondary N) is 2. The fourth-order valence-corrected chi connectivity index (χ4v) is 4.33. The maximum Gasteiger partial charge on any atom is 0.407 e. The average molecular weight is 495 g/mol. The SMILES string of the molecule is COCC(NC(=O)OCC1c2ccccc2-c2ccccc21)C(=O)Nc1ccc(Cl)cc1C(=O)O. The minimum absolute atomic E-state index is 0.0438. The Balaban J connectivity index is 1.43. The molecule has 0 aromatic heterocycles. The summed E-state index contributed by atoms with van der Waals surface area (Å²) in [7, 11) is 1.38. The third-order valence-corrected chi connectivity index (χ3v) is 5.99. The van der Waals surface area contributed by atoms with Crippen molar-refractivity contribution in [3.05, 3.63) is 88.4 Å². The number of carbonyl (C=O) groups is 3. The van der Waals surface area contributed by atoms with E-state index in [1.54, 1.807) is 0 Å². The number of methoxy groups -OCH3 is 1. The molecule has 8 nitrogen and oxygen atoms in total. The predicted octanol–water partition coefficient (Wildman–Crippen LogP) is 4.53. The van der Waals surface area contributed by atoms with E-state index in [0.29, 0.717) is 0 Å². The Morgan fingerprint density at radius 3 is 2.23 bits per heavy atom. The van der Waals surface area contributed by atoms with Crippen molar-refractivity contribution in [2.45, 2.75) is 12.0 Å². The van der Waals surface area contributed by atoms with Gasteiger partial charge in [0.25, 0.3) is 0 Å². The Morgan fingerprint density at radius 2 is 1.63 bits per heavy atom. The molecule has 0 aliphatic heterocycles. The van der Waals surface area contributed by atoms with Crippen LogP contribution in [0, 0.1) is 0 Å². The number of anilines is 1. The van der Waals surface area contributed by atoms with E-state index in [2.05, 4.69) is 10.6 Å². The molecule has 3 N–H and O–H groups in total. The van der Waals surface area contributed by atoms with Crippen LogP contribution in [0.15, 0.2) is 66.7 Å². The van der Waals surface area contributed by atoms with Gasteiger partial charge < -0.3 is 25.2 Å². The third kappa shape index (κ3) is 5.29. The zero-order valence-electron chi connectivity index (χ0n) is 18.8. The molecule has 1 aliphatic carbocycles. The van der Waals surface area contributed by atoms with Crippen molar-refractivity contribution in [1.82, 2.24) is 5.32 Å². The molecular formula is C26H23ClN2O6. The van der Waals surface area contributed by atoms with Gasteiger partial charge in [-0.3, -0.25) is 4.79 Å². The topological polar surface area (TPSA) is 114 Å². The molecule has 0 saturated carbocycles. The van der Waals surface area contributed by atoms with E-state index in [1.807, 2.05) is 48.5 Å². The van der Waals surface area contributed by atoms with Crippen molar-refractivity contribution in [2.24, 2.45) is 0 Å². The van der Waals surface area contributed by atoms with Crippen LogP contribution in [-0.2, 0) is 14.3 Å². The Kier molecular flexibility index (Phi) is 7.33. The average Bonchev–Trinajstić information content (AvgIpc) is 3.17. The van der Waals surface area contributed by atoms with Gasteiger partial charge in [0.2, 0.25) is 5.91 Å². The Morgan fingerprint density at radius 1 is 1.00 bits per heavy atom. The number of hydrogen-bond acceptors (Lipinski definition) is 5. The van der Waals surface area contributed by atoms with Gasteiger partial charge in [-0.2, -0.15) is 0 Å². The van der Waals surface area contributed by atoms with Gasteiger partial charge in [-0.1, -0.05) is 60.1 Å². The lowest BCUT2D eigenvalue weighted by molar-refractivity contribution is -0.119. The summed E-state index contributed by atoms with van der Waals surface area (Å²) >= 11 is 5.86. The highest BCUT2D eigenvalue weighted by molar-refractivity contribution is 6.31. The molecule has 0 saturated heterocycles. The first kappa shape index (κ1) is 24.3. The normalized spacial score (nSPS) is 12.9. The third-order valence-electron chi connectivity index (χ3n) is 5.76. The van der Waals surface area contributed by atoms with Gasteiger partial charge in [0.15, 0.2) is 0 Å². The van der Waals surface area contributed by atoms with Gasteiger partial charge in [0, 0.05) is 18.1 Å². The summed E-state index contributed by atoms with van der Waals surface area (Å²) < 4.78 is 10.6. The summed E-state index contributed by atoms with van der Waals surface area (Å²) in [5.41, 5.74) is 4.20. The van der Waals surface area contributed by atoms with Gasteiger partial charge in [-0.15, -0.1) is 0 Å². The van der Waals surface area contributed by atoms with Crippen molar-refractivity contribution >= 4 is 35.3 Å². The van der Waals surface area contributed by atoms with Gasteiger partial charge in [0.1, 0.15) is 12.6 Å². The number of fused-ring (bicyclic) bond motifs is 3. The van der Waals surface area contributed by atoms with Crippen LogP contribution in [0.5, 0.6) is 0 Å². The quantitative estimate of drug-likeness (QED) is 0.424. The number of aromatic carboxylic acids is 1. The molecule has 0 fully saturated rings. The Bertz CT molecular complexity index is 1230. The highest BCUT2D eigenvalue weighted by atomic mass is 35.5. The number of benzene rings is 3. The second kappa shape index (κ2) is 10.6. The lowest BCUT2D eigenvalue weighted by Crippen LogP contribution is -2.47. The predicted molar refractivity (Wildman–Crippen MR) is 131 cm³/mol. The maximum absolute atomic E-state index is 12.8. The second-order valence-corrected chi connectivity index (χ2v) is 8.40. The van der Waals surface area contributed by atoms with E-state index >= 15 is 0 Å². The maximum atomic E-state index is 12.8. The summed E-state index contributed by atoms with van der Waals surface area (Å²) in [6.45, 7) is -0.0620. The van der Waals surface area contributed by atoms with E-state index in [-0.39, 0.29) is 35.4 Å². The number of hydrogen-bond donors (Lipinski definition) is 3. The van der Waals surface area contributed by atoms with Crippen LogP contribution in [0.2, 0.25) is 5.02 Å². The molecule has 1 atom stereocenters. The van der Waals surface area contributed by atoms with Crippen molar-refractivity contribution < 1.29 is 29.0 Å². The number of ether oxygens (including phenoxy) is 2. The molecule has 3 aromatic rings. The second-order valence-electron chi connectivity index (χ2n) is 7.96. The molecule has 9 heteroatoms. The van der Waals surface area contributed by atoms with Gasteiger partial charge in [-0.25, -0.2) is 9.59 Å². The highest BCUT2D eigenvalue weighted by Crippen LogP contribution is 2.44. The molecule has 0 bridgehead atoms. The minimum Gasteiger partial charge on any atom is -0.478 e. The van der Waals surface area contributed by atoms with Crippen LogP contribution in [0.3, 0.4) is 0 Å². The smallest absolute Gasteiger partial charge is 0.407 e. The molecule has 180 valence electrons. The van der Waals surface area contributed by atoms with E-state index in [4.69, 9.17) is 21.1 Å². The molecular weight excluding hydrogens is 472 g/mol. The highest BCUT2D eigenvalue weighted by Gasteiger charge is 2.30. The number of rotatable bonds is 8. The minimum atomic E-state index is -1.25. The molecule has 1 unspecified atom stereocenters. The van der Waals surface area contributed by atoms with Crippen molar-refractivity contribution in [2.75, 3.05) is 25.6 Å². The molecule has 4 rings (SSSR count). The van der Waals surface area contributed by atoms with Crippen molar-refractivity contribution in [3.8, 4) is 11.1 Å². The van der Waals surface area contributed by atoms with E-state index < -0.39 is 24.0 Å². The standard InChI is InChI=1S/C26H23ClN2O6/c1-34-14-23(24(30)28-22-11-10-15(27)12-20(22)25(31)32)29-26(33)35-13-21-18-8-4-2-6-16(18)17-7-3-5-9-19(17)21/h2-12,21,23H,13-14H2,1H3,(H,28,30)(H,29,33)(H,31,32). The molecule has 0 radical (unpaired) electrons. The lowest BCUT2D eigenvalue weighted by atomic mass is 9.98. The first-order valence-corrected chi connectivity index (χ1v) is 11.2. The summed E-state index contributed by atoms with van der Waals surface area (Å²) in [4.78, 5) is 36.9. The Hall–Kier alpha value is -3.88. The molecule has 0 heterocycles. The van der Waals surface area contributed by atoms with E-state index in [1.165, 1.54) is 25.3 Å². The first-order valence-electron chi connectivity index (χ1n) is 10.8. The van der Waals surface area contributed by atoms with E-state index in [0.717, 1.165) is 22.3 Å². The van der Waals surface area contributed by atoms with Crippen LogP contribution >= 0.6 is 11.6 Å². The lowest BCUT2D eigenvalue weighted by Gasteiger charge is -2.19. The van der Waals surface area contributed by atoms with Gasteiger partial charge in [0.05, 0.1) is 17.9 Å².